The monoisotopic (exact) mass is 485 g/mol. The lowest BCUT2D eigenvalue weighted by molar-refractivity contribution is -0.158. The lowest BCUT2D eigenvalue weighted by atomic mass is 9.98. The summed E-state index contributed by atoms with van der Waals surface area (Å²) in [6.07, 6.45) is -0.174. The van der Waals surface area contributed by atoms with Crippen molar-refractivity contribution >= 4 is 49.4 Å². The van der Waals surface area contributed by atoms with E-state index in [1.54, 1.807) is 13.8 Å². The van der Waals surface area contributed by atoms with E-state index in [0.29, 0.717) is 31.6 Å². The quantitative estimate of drug-likeness (QED) is 0.514. The number of anilines is 1. The molecule has 1 fully saturated rings. The Balaban J connectivity index is 1.40. The molecule has 0 aliphatic carbocycles. The molecule has 1 unspecified atom stereocenters. The van der Waals surface area contributed by atoms with Crippen molar-refractivity contribution in [1.29, 1.82) is 0 Å². The summed E-state index contributed by atoms with van der Waals surface area (Å²) in [5, 5.41) is 5.02. The largest absolute Gasteiger partial charge is 0.452 e. The molecule has 1 amide bonds. The number of piperidine rings is 1. The summed E-state index contributed by atoms with van der Waals surface area (Å²) in [4.78, 5) is 25.3. The number of carbonyl (C=O) groups excluding carboxylic acids is 2. The molecular weight excluding hydrogens is 454 g/mol. The van der Waals surface area contributed by atoms with Crippen LogP contribution in [0, 0.1) is 5.92 Å². The number of hydrogen-bond donors (Lipinski definition) is 1. The predicted molar refractivity (Wildman–Crippen MR) is 133 cm³/mol. The fourth-order valence-corrected chi connectivity index (χ4v) is 5.72. The van der Waals surface area contributed by atoms with E-state index in [2.05, 4.69) is 28.9 Å². The molecule has 182 valence electrons. The predicted octanol–water partition coefficient (Wildman–Crippen LogP) is 3.75. The summed E-state index contributed by atoms with van der Waals surface area (Å²) in [5.74, 6) is -1.23. The minimum Gasteiger partial charge on any atom is -0.452 e. The fraction of sp³-hybridized carbons (Fsp3) is 0.440. The molecule has 34 heavy (non-hydrogen) atoms. The van der Waals surface area contributed by atoms with Crippen LogP contribution < -0.4 is 5.32 Å². The van der Waals surface area contributed by atoms with Gasteiger partial charge in [-0.2, -0.15) is 0 Å². The average molecular weight is 486 g/mol. The number of hydrogen-bond acceptors (Lipinski definition) is 5. The summed E-state index contributed by atoms with van der Waals surface area (Å²) in [6, 6.07) is 13.9. The summed E-state index contributed by atoms with van der Waals surface area (Å²) in [7, 11) is -3.26. The first-order chi connectivity index (χ1) is 16.2. The maximum atomic E-state index is 12.7. The van der Waals surface area contributed by atoms with E-state index in [-0.39, 0.29) is 5.75 Å². The highest BCUT2D eigenvalue weighted by molar-refractivity contribution is 7.89. The number of ether oxygens (including phenoxy) is 1. The van der Waals surface area contributed by atoms with Crippen molar-refractivity contribution in [3.63, 3.8) is 0 Å². The molecule has 8 nitrogen and oxygen atoms in total. The minimum atomic E-state index is -3.26. The molecule has 4 rings (SSSR count). The van der Waals surface area contributed by atoms with Gasteiger partial charge in [0.1, 0.15) is 0 Å². The van der Waals surface area contributed by atoms with Crippen LogP contribution in [-0.2, 0) is 30.9 Å². The number of carbonyl (C=O) groups is 2. The van der Waals surface area contributed by atoms with E-state index in [4.69, 9.17) is 4.74 Å². The molecule has 9 heteroatoms. The number of fused-ring (bicyclic) bond motifs is 3. The number of aryl methyl sites for hydroxylation is 1. The van der Waals surface area contributed by atoms with Gasteiger partial charge in [0.25, 0.3) is 5.91 Å². The first-order valence-electron chi connectivity index (χ1n) is 11.7. The van der Waals surface area contributed by atoms with Crippen LogP contribution in [0.4, 0.5) is 5.69 Å². The summed E-state index contributed by atoms with van der Waals surface area (Å²) in [5.41, 5.74) is 2.87. The molecule has 2 aromatic carbocycles. The van der Waals surface area contributed by atoms with Crippen molar-refractivity contribution in [2.75, 3.05) is 24.2 Å². The van der Waals surface area contributed by atoms with Gasteiger partial charge in [-0.15, -0.1) is 0 Å². The van der Waals surface area contributed by atoms with E-state index in [9.17, 15) is 18.0 Å². The Bertz CT molecular complexity index is 1320. The molecule has 1 atom stereocenters. The van der Waals surface area contributed by atoms with Gasteiger partial charge in [0.15, 0.2) is 6.10 Å². The Hall–Kier alpha value is -2.91. The van der Waals surface area contributed by atoms with Crippen molar-refractivity contribution in [2.24, 2.45) is 5.92 Å². The number of aromatic nitrogens is 1. The molecular formula is C25H31N3O5S. The Labute approximate surface area is 199 Å². The number of sulfonamides is 1. The first kappa shape index (κ1) is 24.2. The van der Waals surface area contributed by atoms with Crippen LogP contribution in [0.3, 0.4) is 0 Å². The van der Waals surface area contributed by atoms with Crippen molar-refractivity contribution in [1.82, 2.24) is 8.87 Å². The van der Waals surface area contributed by atoms with Crippen LogP contribution in [0.25, 0.3) is 21.8 Å². The molecule has 0 radical (unpaired) electrons. The Kier molecular flexibility index (Phi) is 6.95. The highest BCUT2D eigenvalue weighted by Crippen LogP contribution is 2.31. The molecule has 0 saturated carbocycles. The summed E-state index contributed by atoms with van der Waals surface area (Å²) < 4.78 is 33.1. The molecule has 1 saturated heterocycles. The molecule has 1 aliphatic heterocycles. The van der Waals surface area contributed by atoms with Gasteiger partial charge >= 0.3 is 5.97 Å². The number of para-hydroxylation sites is 1. The third kappa shape index (κ3) is 4.67. The van der Waals surface area contributed by atoms with E-state index < -0.39 is 33.9 Å². The topological polar surface area (TPSA) is 97.7 Å². The van der Waals surface area contributed by atoms with Gasteiger partial charge < -0.3 is 14.6 Å². The van der Waals surface area contributed by atoms with Gasteiger partial charge in [0.05, 0.1) is 11.7 Å². The molecule has 0 spiro atoms. The lowest BCUT2D eigenvalue weighted by Crippen LogP contribution is -2.42. The molecule has 0 bridgehead atoms. The number of nitrogens with one attached hydrogen (secondary N) is 1. The number of benzene rings is 2. The molecule has 1 aliphatic rings. The molecule has 1 aromatic heterocycles. The number of esters is 1. The summed E-state index contributed by atoms with van der Waals surface area (Å²) >= 11 is 0. The van der Waals surface area contributed by atoms with Crippen molar-refractivity contribution < 1.29 is 22.7 Å². The second kappa shape index (κ2) is 9.76. The Morgan fingerprint density at radius 3 is 2.41 bits per heavy atom. The van der Waals surface area contributed by atoms with E-state index in [1.807, 2.05) is 30.3 Å². The second-order valence-electron chi connectivity index (χ2n) is 8.64. The van der Waals surface area contributed by atoms with Crippen LogP contribution in [0.1, 0.15) is 33.6 Å². The standard InChI is InChI=1S/C25H31N3O5S/c1-4-28-22-9-7-6-8-20(22)21-16-19(10-11-23(21)28)26-24(29)17(3)33-25(30)18-12-14-27(15-13-18)34(31,32)5-2/h6-11,16-18H,4-5,12-15H2,1-3H3,(H,26,29). The smallest absolute Gasteiger partial charge is 0.309 e. The maximum Gasteiger partial charge on any atom is 0.309 e. The average Bonchev–Trinajstić information content (AvgIpc) is 3.17. The first-order valence-corrected chi connectivity index (χ1v) is 13.4. The van der Waals surface area contributed by atoms with Gasteiger partial charge in [-0.05, 0) is 57.9 Å². The second-order valence-corrected chi connectivity index (χ2v) is 10.9. The number of amides is 1. The zero-order chi connectivity index (χ0) is 24.5. The van der Waals surface area contributed by atoms with Crippen LogP contribution in [0.5, 0.6) is 0 Å². The highest BCUT2D eigenvalue weighted by atomic mass is 32.2. The van der Waals surface area contributed by atoms with E-state index >= 15 is 0 Å². The SMILES string of the molecule is CCn1c2ccccc2c2cc(NC(=O)C(C)OC(=O)C3CCN(S(=O)(=O)CC)CC3)ccc21. The zero-order valence-corrected chi connectivity index (χ0v) is 20.6. The maximum absolute atomic E-state index is 12.7. The molecule has 2 heterocycles. The van der Waals surface area contributed by atoms with Crippen LogP contribution >= 0.6 is 0 Å². The van der Waals surface area contributed by atoms with Gasteiger partial charge in [-0.3, -0.25) is 9.59 Å². The van der Waals surface area contributed by atoms with Gasteiger partial charge in [0, 0.05) is 47.1 Å². The Morgan fingerprint density at radius 1 is 1.06 bits per heavy atom. The van der Waals surface area contributed by atoms with E-state index in [1.165, 1.54) is 4.31 Å². The van der Waals surface area contributed by atoms with Gasteiger partial charge in [-0.25, -0.2) is 12.7 Å². The van der Waals surface area contributed by atoms with Gasteiger partial charge in [-0.1, -0.05) is 18.2 Å². The minimum absolute atomic E-state index is 0.0457. The van der Waals surface area contributed by atoms with Crippen LogP contribution in [0.15, 0.2) is 42.5 Å². The van der Waals surface area contributed by atoms with Crippen molar-refractivity contribution in [3.8, 4) is 0 Å². The third-order valence-corrected chi connectivity index (χ3v) is 8.45. The van der Waals surface area contributed by atoms with E-state index in [0.717, 1.165) is 28.4 Å². The molecule has 3 aromatic rings. The zero-order valence-electron chi connectivity index (χ0n) is 19.8. The van der Waals surface area contributed by atoms with Crippen molar-refractivity contribution in [2.45, 2.75) is 46.3 Å². The third-order valence-electron chi connectivity index (χ3n) is 6.56. The molecule has 1 N–H and O–H groups in total. The summed E-state index contributed by atoms with van der Waals surface area (Å²) in [6.45, 7) is 6.68. The lowest BCUT2D eigenvalue weighted by Gasteiger charge is -2.30. The Morgan fingerprint density at radius 2 is 1.74 bits per heavy atom. The number of rotatable bonds is 7. The highest BCUT2D eigenvalue weighted by Gasteiger charge is 2.32. The normalized spacial score (nSPS) is 16.6. The number of nitrogens with zero attached hydrogens (tertiary/aromatic N) is 2. The van der Waals surface area contributed by atoms with Crippen LogP contribution in [0.2, 0.25) is 0 Å². The van der Waals surface area contributed by atoms with Crippen molar-refractivity contribution in [3.05, 3.63) is 42.5 Å². The van der Waals surface area contributed by atoms with Crippen LogP contribution in [-0.4, -0.2) is 54.1 Å². The van der Waals surface area contributed by atoms with Gasteiger partial charge in [0.2, 0.25) is 10.0 Å². The fourth-order valence-electron chi connectivity index (χ4n) is 4.59.